The molecule has 0 aliphatic heterocycles. The van der Waals surface area contributed by atoms with Crippen molar-refractivity contribution in [3.05, 3.63) is 30.1 Å². The molecule has 2 aromatic rings. The van der Waals surface area contributed by atoms with E-state index >= 15 is 0 Å². The van der Waals surface area contributed by atoms with E-state index in [4.69, 9.17) is 4.74 Å². The van der Waals surface area contributed by atoms with Crippen LogP contribution >= 0.6 is 0 Å². The molecule has 21 heavy (non-hydrogen) atoms. The predicted octanol–water partition coefficient (Wildman–Crippen LogP) is 0.915. The van der Waals surface area contributed by atoms with Crippen molar-refractivity contribution < 1.29 is 4.74 Å². The van der Waals surface area contributed by atoms with E-state index < -0.39 is 0 Å². The molecule has 0 aliphatic rings. The molecule has 0 aliphatic carbocycles. The molecule has 2 heterocycles. The Morgan fingerprint density at radius 1 is 1.29 bits per heavy atom. The summed E-state index contributed by atoms with van der Waals surface area (Å²) in [4.78, 5) is 4.35. The van der Waals surface area contributed by atoms with Gasteiger partial charge in [-0.15, -0.1) is 0 Å². The van der Waals surface area contributed by atoms with Gasteiger partial charge in [-0.2, -0.15) is 10.2 Å². The average Bonchev–Trinajstić information content (AvgIpc) is 3.05. The molecular weight excluding hydrogens is 268 g/mol. The number of nitrogens with zero attached hydrogens (tertiary/aromatic N) is 5. The summed E-state index contributed by atoms with van der Waals surface area (Å²) in [5.41, 5.74) is 1.13. The summed E-state index contributed by atoms with van der Waals surface area (Å²) < 4.78 is 8.93. The van der Waals surface area contributed by atoms with Crippen LogP contribution in [0.4, 0.5) is 0 Å². The molecule has 1 N–H and O–H groups in total. The van der Waals surface area contributed by atoms with E-state index in [1.165, 1.54) is 0 Å². The molecular formula is C14H24N6O. The first-order valence-corrected chi connectivity index (χ1v) is 7.27. The number of hydrogen-bond donors (Lipinski definition) is 1. The molecule has 2 aromatic heterocycles. The van der Waals surface area contributed by atoms with Crippen molar-refractivity contribution in [1.29, 1.82) is 0 Å². The monoisotopic (exact) mass is 292 g/mol. The molecule has 7 nitrogen and oxygen atoms in total. The van der Waals surface area contributed by atoms with Gasteiger partial charge in [0.25, 0.3) is 0 Å². The summed E-state index contributed by atoms with van der Waals surface area (Å²) in [6.45, 7) is 8.15. The van der Waals surface area contributed by atoms with Gasteiger partial charge in [-0.25, -0.2) is 9.67 Å². The third-order valence-electron chi connectivity index (χ3n) is 3.12. The predicted molar refractivity (Wildman–Crippen MR) is 79.8 cm³/mol. The number of nitrogens with one attached hydrogen (secondary N) is 1. The van der Waals surface area contributed by atoms with Crippen molar-refractivity contribution in [2.75, 3.05) is 20.3 Å². The van der Waals surface area contributed by atoms with Gasteiger partial charge in [0.1, 0.15) is 18.7 Å². The van der Waals surface area contributed by atoms with Crippen LogP contribution in [0.1, 0.15) is 25.4 Å². The van der Waals surface area contributed by atoms with E-state index in [0.29, 0.717) is 19.1 Å². The van der Waals surface area contributed by atoms with Gasteiger partial charge in [0.05, 0.1) is 12.3 Å². The summed E-state index contributed by atoms with van der Waals surface area (Å²) in [5.74, 6) is 1.48. The maximum Gasteiger partial charge on any atom is 0.148 e. The number of rotatable bonds is 9. The molecule has 0 amide bonds. The van der Waals surface area contributed by atoms with E-state index in [2.05, 4.69) is 34.3 Å². The van der Waals surface area contributed by atoms with Crippen LogP contribution in [0.2, 0.25) is 0 Å². The Balaban J connectivity index is 1.97. The van der Waals surface area contributed by atoms with Crippen molar-refractivity contribution in [2.24, 2.45) is 5.92 Å². The van der Waals surface area contributed by atoms with Gasteiger partial charge in [0.15, 0.2) is 0 Å². The molecule has 0 saturated carbocycles. The van der Waals surface area contributed by atoms with Gasteiger partial charge in [-0.05, 0) is 12.0 Å². The molecule has 116 valence electrons. The Kier molecular flexibility index (Phi) is 5.89. The number of hydrogen-bond acceptors (Lipinski definition) is 5. The minimum Gasteiger partial charge on any atom is -0.383 e. The smallest absolute Gasteiger partial charge is 0.148 e. The normalized spacial score (nSPS) is 11.4. The van der Waals surface area contributed by atoms with Crippen LogP contribution in [0.25, 0.3) is 0 Å². The van der Waals surface area contributed by atoms with Crippen molar-refractivity contribution >= 4 is 0 Å². The van der Waals surface area contributed by atoms with Crippen molar-refractivity contribution in [1.82, 2.24) is 29.9 Å². The topological polar surface area (TPSA) is 69.8 Å². The third kappa shape index (κ3) is 4.64. The SMILES string of the molecule is COCCNCc1ccnn1Cc1ncnn1CC(C)C. The van der Waals surface area contributed by atoms with E-state index in [1.807, 2.05) is 21.6 Å². The number of ether oxygens (including phenoxy) is 1. The molecule has 0 bridgehead atoms. The highest BCUT2D eigenvalue weighted by Crippen LogP contribution is 2.06. The summed E-state index contributed by atoms with van der Waals surface area (Å²) >= 11 is 0. The zero-order valence-electron chi connectivity index (χ0n) is 13.0. The van der Waals surface area contributed by atoms with Crippen LogP contribution < -0.4 is 5.32 Å². The second kappa shape index (κ2) is 7.90. The van der Waals surface area contributed by atoms with Gasteiger partial charge < -0.3 is 10.1 Å². The average molecular weight is 292 g/mol. The van der Waals surface area contributed by atoms with Crippen molar-refractivity contribution in [3.63, 3.8) is 0 Å². The highest BCUT2D eigenvalue weighted by molar-refractivity contribution is 5.02. The first kappa shape index (κ1) is 15.7. The standard InChI is InChI=1S/C14H24N6O/c1-12(2)9-20-14(16-11-18-20)10-19-13(4-5-17-19)8-15-6-7-21-3/h4-5,11-12,15H,6-10H2,1-3H3. The second-order valence-corrected chi connectivity index (χ2v) is 5.40. The van der Waals surface area contributed by atoms with Gasteiger partial charge in [-0.1, -0.05) is 13.8 Å². The highest BCUT2D eigenvalue weighted by atomic mass is 16.5. The lowest BCUT2D eigenvalue weighted by molar-refractivity contribution is 0.199. The zero-order valence-corrected chi connectivity index (χ0v) is 13.0. The second-order valence-electron chi connectivity index (χ2n) is 5.40. The fraction of sp³-hybridized carbons (Fsp3) is 0.643. The van der Waals surface area contributed by atoms with Crippen LogP contribution in [0, 0.1) is 5.92 Å². The summed E-state index contributed by atoms with van der Waals surface area (Å²) in [6, 6.07) is 2.02. The minimum atomic E-state index is 0.540. The highest BCUT2D eigenvalue weighted by Gasteiger charge is 2.09. The first-order valence-electron chi connectivity index (χ1n) is 7.27. The van der Waals surface area contributed by atoms with Gasteiger partial charge >= 0.3 is 0 Å². The Morgan fingerprint density at radius 3 is 2.90 bits per heavy atom. The molecule has 2 rings (SSSR count). The van der Waals surface area contributed by atoms with Crippen LogP contribution in [0.15, 0.2) is 18.6 Å². The quantitative estimate of drug-likeness (QED) is 0.696. The van der Waals surface area contributed by atoms with Crippen molar-refractivity contribution in [3.8, 4) is 0 Å². The van der Waals surface area contributed by atoms with E-state index in [9.17, 15) is 0 Å². The molecule has 0 radical (unpaired) electrons. The molecule has 0 saturated heterocycles. The maximum atomic E-state index is 5.02. The maximum absolute atomic E-state index is 5.02. The van der Waals surface area contributed by atoms with Crippen molar-refractivity contribution in [2.45, 2.75) is 33.5 Å². The van der Waals surface area contributed by atoms with Crippen LogP contribution in [0.5, 0.6) is 0 Å². The largest absolute Gasteiger partial charge is 0.383 e. The molecule has 0 aromatic carbocycles. The molecule has 0 unspecified atom stereocenters. The Bertz CT molecular complexity index is 533. The molecule has 0 atom stereocenters. The lowest BCUT2D eigenvalue weighted by atomic mass is 10.2. The fourth-order valence-electron chi connectivity index (χ4n) is 2.09. The summed E-state index contributed by atoms with van der Waals surface area (Å²) in [7, 11) is 1.70. The Labute approximate surface area is 125 Å². The lowest BCUT2D eigenvalue weighted by Crippen LogP contribution is -2.22. The van der Waals surface area contributed by atoms with Gasteiger partial charge in [0.2, 0.25) is 0 Å². The third-order valence-corrected chi connectivity index (χ3v) is 3.12. The molecule has 0 spiro atoms. The van der Waals surface area contributed by atoms with Crippen LogP contribution in [0.3, 0.4) is 0 Å². The number of aromatic nitrogens is 5. The summed E-state index contributed by atoms with van der Waals surface area (Å²) in [5, 5.41) is 12.0. The van der Waals surface area contributed by atoms with Crippen LogP contribution in [-0.4, -0.2) is 44.8 Å². The zero-order chi connectivity index (χ0) is 15.1. The van der Waals surface area contributed by atoms with Crippen LogP contribution in [-0.2, 0) is 24.4 Å². The first-order chi connectivity index (χ1) is 10.2. The van der Waals surface area contributed by atoms with E-state index in [-0.39, 0.29) is 0 Å². The Morgan fingerprint density at radius 2 is 2.14 bits per heavy atom. The van der Waals surface area contributed by atoms with E-state index in [1.54, 1.807) is 13.4 Å². The summed E-state index contributed by atoms with van der Waals surface area (Å²) in [6.07, 6.45) is 3.42. The van der Waals surface area contributed by atoms with Gasteiger partial charge in [-0.3, -0.25) is 4.68 Å². The fourth-order valence-corrected chi connectivity index (χ4v) is 2.09. The molecule has 0 fully saturated rings. The molecule has 7 heteroatoms. The minimum absolute atomic E-state index is 0.540. The number of methoxy groups -OCH3 is 1. The Hall–Kier alpha value is -1.73. The van der Waals surface area contributed by atoms with E-state index in [0.717, 1.165) is 31.2 Å². The van der Waals surface area contributed by atoms with Gasteiger partial charge in [0, 0.05) is 32.9 Å². The lowest BCUT2D eigenvalue weighted by Gasteiger charge is -2.11.